The van der Waals surface area contributed by atoms with E-state index < -0.39 is 0 Å². The molecule has 0 N–H and O–H groups in total. The van der Waals surface area contributed by atoms with E-state index in [4.69, 9.17) is 11.6 Å². The van der Waals surface area contributed by atoms with Crippen LogP contribution in [0.25, 0.3) is 0 Å². The maximum Gasteiger partial charge on any atom is 0.246 e. The monoisotopic (exact) mass is 360 g/mol. The van der Waals surface area contributed by atoms with Gasteiger partial charge in [-0.2, -0.15) is 0 Å². The number of piperazine rings is 1. The van der Waals surface area contributed by atoms with Crippen LogP contribution in [0.5, 0.6) is 0 Å². The number of nitrogens with zero attached hydrogens (tertiary/aromatic N) is 2. The van der Waals surface area contributed by atoms with Crippen LogP contribution in [0.15, 0.2) is 48.5 Å². The maximum atomic E-state index is 12.9. The summed E-state index contributed by atoms with van der Waals surface area (Å²) in [6, 6.07) is 13.2. The lowest BCUT2D eigenvalue weighted by Crippen LogP contribution is -2.52. The van der Waals surface area contributed by atoms with Crippen molar-refractivity contribution < 1.29 is 14.0 Å². The van der Waals surface area contributed by atoms with Crippen molar-refractivity contribution in [2.75, 3.05) is 24.5 Å². The number of benzene rings is 2. The number of hydrogen-bond donors (Lipinski definition) is 0. The molecule has 0 unspecified atom stereocenters. The van der Waals surface area contributed by atoms with Crippen molar-refractivity contribution >= 4 is 29.1 Å². The van der Waals surface area contributed by atoms with Gasteiger partial charge in [0.15, 0.2) is 0 Å². The van der Waals surface area contributed by atoms with Gasteiger partial charge in [-0.1, -0.05) is 29.8 Å². The summed E-state index contributed by atoms with van der Waals surface area (Å²) in [5.74, 6) is -0.482. The molecule has 0 bridgehead atoms. The highest BCUT2D eigenvalue weighted by atomic mass is 35.5. The zero-order valence-corrected chi connectivity index (χ0v) is 14.4. The highest BCUT2D eigenvalue weighted by Gasteiger charge is 2.27. The molecule has 2 aromatic rings. The number of rotatable bonds is 4. The minimum Gasteiger partial charge on any atom is -0.332 e. The van der Waals surface area contributed by atoms with Crippen molar-refractivity contribution in [3.63, 3.8) is 0 Å². The van der Waals surface area contributed by atoms with E-state index in [9.17, 15) is 14.0 Å². The summed E-state index contributed by atoms with van der Waals surface area (Å²) in [6.45, 7) is 0.997. The summed E-state index contributed by atoms with van der Waals surface area (Å²) < 4.78 is 12.9. The normalized spacial score (nSPS) is 14.7. The van der Waals surface area contributed by atoms with Gasteiger partial charge in [0.2, 0.25) is 11.8 Å². The summed E-state index contributed by atoms with van der Waals surface area (Å²) in [5.41, 5.74) is 1.65. The third kappa shape index (κ3) is 4.37. The molecule has 0 aliphatic carbocycles. The lowest BCUT2D eigenvalue weighted by molar-refractivity contribution is -0.136. The fraction of sp³-hybridized carbons (Fsp3) is 0.263. The molecule has 0 spiro atoms. The molecule has 1 fully saturated rings. The van der Waals surface area contributed by atoms with E-state index in [-0.39, 0.29) is 24.2 Å². The van der Waals surface area contributed by atoms with Crippen molar-refractivity contribution in [1.82, 2.24) is 4.90 Å². The molecule has 6 heteroatoms. The summed E-state index contributed by atoms with van der Waals surface area (Å²) in [5, 5.41) is 0.572. The van der Waals surface area contributed by atoms with Gasteiger partial charge in [0, 0.05) is 30.2 Å². The van der Waals surface area contributed by atoms with Crippen LogP contribution >= 0.6 is 11.6 Å². The van der Waals surface area contributed by atoms with Gasteiger partial charge in [-0.3, -0.25) is 9.59 Å². The Hall–Kier alpha value is -2.40. The van der Waals surface area contributed by atoms with Gasteiger partial charge >= 0.3 is 0 Å². The van der Waals surface area contributed by atoms with Gasteiger partial charge in [-0.15, -0.1) is 0 Å². The first-order valence-electron chi connectivity index (χ1n) is 8.11. The molecule has 2 amide bonds. The highest BCUT2D eigenvalue weighted by Crippen LogP contribution is 2.21. The Balaban J connectivity index is 1.56. The Morgan fingerprint density at radius 3 is 2.56 bits per heavy atom. The van der Waals surface area contributed by atoms with Crippen molar-refractivity contribution in [3.8, 4) is 0 Å². The van der Waals surface area contributed by atoms with Gasteiger partial charge in [-0.05, 0) is 42.3 Å². The van der Waals surface area contributed by atoms with Crippen LogP contribution in [0.2, 0.25) is 5.02 Å². The second kappa shape index (κ2) is 7.66. The predicted octanol–water partition coefficient (Wildman–Crippen LogP) is 3.29. The summed E-state index contributed by atoms with van der Waals surface area (Å²) >= 11 is 5.97. The van der Waals surface area contributed by atoms with Crippen LogP contribution < -0.4 is 4.90 Å². The molecule has 4 nitrogen and oxygen atoms in total. The van der Waals surface area contributed by atoms with E-state index in [1.165, 1.54) is 12.1 Å². The Bertz CT molecular complexity index is 779. The molecule has 25 heavy (non-hydrogen) atoms. The number of aryl methyl sites for hydroxylation is 1. The quantitative estimate of drug-likeness (QED) is 0.839. The molecule has 1 saturated heterocycles. The number of amides is 2. The molecule has 130 valence electrons. The van der Waals surface area contributed by atoms with Crippen LogP contribution in [0, 0.1) is 5.82 Å². The Morgan fingerprint density at radius 1 is 1.12 bits per heavy atom. The van der Waals surface area contributed by atoms with Crippen LogP contribution in [0.4, 0.5) is 10.1 Å². The van der Waals surface area contributed by atoms with Gasteiger partial charge in [0.25, 0.3) is 0 Å². The van der Waals surface area contributed by atoms with Gasteiger partial charge in [-0.25, -0.2) is 4.39 Å². The van der Waals surface area contributed by atoms with E-state index in [2.05, 4.69) is 0 Å². The number of halogens is 2. The Kier molecular flexibility index (Phi) is 5.34. The minimum absolute atomic E-state index is 0.0643. The zero-order valence-electron chi connectivity index (χ0n) is 13.6. The van der Waals surface area contributed by atoms with Crippen LogP contribution in [-0.4, -0.2) is 36.3 Å². The lowest BCUT2D eigenvalue weighted by atomic mass is 10.1. The second-order valence-corrected chi connectivity index (χ2v) is 6.40. The lowest BCUT2D eigenvalue weighted by Gasteiger charge is -2.34. The fourth-order valence-corrected chi connectivity index (χ4v) is 3.05. The zero-order chi connectivity index (χ0) is 17.8. The van der Waals surface area contributed by atoms with Gasteiger partial charge < -0.3 is 9.80 Å². The van der Waals surface area contributed by atoms with E-state index in [1.807, 2.05) is 6.07 Å². The molecular weight excluding hydrogens is 343 g/mol. The first-order chi connectivity index (χ1) is 12.0. The molecule has 0 radical (unpaired) electrons. The average Bonchev–Trinajstić information content (AvgIpc) is 2.61. The van der Waals surface area contributed by atoms with E-state index in [0.717, 1.165) is 11.3 Å². The Morgan fingerprint density at radius 2 is 1.88 bits per heavy atom. The number of hydrogen-bond acceptors (Lipinski definition) is 2. The third-order valence-electron chi connectivity index (χ3n) is 4.23. The van der Waals surface area contributed by atoms with Gasteiger partial charge in [0.1, 0.15) is 12.4 Å². The number of anilines is 1. The fourth-order valence-electron chi connectivity index (χ4n) is 2.86. The van der Waals surface area contributed by atoms with E-state index in [0.29, 0.717) is 31.0 Å². The smallest absolute Gasteiger partial charge is 0.246 e. The molecule has 0 atom stereocenters. The van der Waals surface area contributed by atoms with Crippen LogP contribution in [0.3, 0.4) is 0 Å². The van der Waals surface area contributed by atoms with E-state index in [1.54, 1.807) is 40.1 Å². The molecule has 2 aromatic carbocycles. The van der Waals surface area contributed by atoms with Crippen molar-refractivity contribution in [2.45, 2.75) is 12.8 Å². The number of carbonyl (C=O) groups is 2. The second-order valence-electron chi connectivity index (χ2n) is 5.97. The van der Waals surface area contributed by atoms with E-state index >= 15 is 0 Å². The summed E-state index contributed by atoms with van der Waals surface area (Å²) in [7, 11) is 0. The van der Waals surface area contributed by atoms with Crippen molar-refractivity contribution in [3.05, 3.63) is 64.9 Å². The molecule has 0 aromatic heterocycles. The summed E-state index contributed by atoms with van der Waals surface area (Å²) in [4.78, 5) is 27.9. The average molecular weight is 361 g/mol. The minimum atomic E-state index is -0.294. The number of carbonyl (C=O) groups excluding carboxylic acids is 2. The molecular formula is C19H18ClFN2O2. The largest absolute Gasteiger partial charge is 0.332 e. The van der Waals surface area contributed by atoms with Crippen molar-refractivity contribution in [2.24, 2.45) is 0 Å². The topological polar surface area (TPSA) is 40.6 Å². The first-order valence-corrected chi connectivity index (χ1v) is 8.49. The standard InChI is InChI=1S/C19H18ClFN2O2/c20-15-2-1-3-17(12-15)23-11-10-22(13-19(23)25)18(24)9-6-14-4-7-16(21)8-5-14/h1-5,7-8,12H,6,9-11,13H2. The predicted molar refractivity (Wildman–Crippen MR) is 95.1 cm³/mol. The van der Waals surface area contributed by atoms with Crippen LogP contribution in [-0.2, 0) is 16.0 Å². The van der Waals surface area contributed by atoms with Gasteiger partial charge in [0.05, 0.1) is 0 Å². The molecule has 1 aliphatic heterocycles. The molecule has 1 heterocycles. The SMILES string of the molecule is O=C(CCc1ccc(F)cc1)N1CCN(c2cccc(Cl)c2)C(=O)C1. The first kappa shape index (κ1) is 17.4. The highest BCUT2D eigenvalue weighted by molar-refractivity contribution is 6.30. The maximum absolute atomic E-state index is 12.9. The molecule has 0 saturated carbocycles. The third-order valence-corrected chi connectivity index (χ3v) is 4.47. The van der Waals surface area contributed by atoms with Crippen molar-refractivity contribution in [1.29, 1.82) is 0 Å². The molecule has 1 aliphatic rings. The van der Waals surface area contributed by atoms with Crippen LogP contribution in [0.1, 0.15) is 12.0 Å². The molecule has 3 rings (SSSR count). The Labute approximate surface area is 150 Å². The summed E-state index contributed by atoms with van der Waals surface area (Å²) in [6.07, 6.45) is 0.831.